The summed E-state index contributed by atoms with van der Waals surface area (Å²) < 4.78 is 18.4. The van der Waals surface area contributed by atoms with Gasteiger partial charge in [0.2, 0.25) is 0 Å². The molecule has 0 bridgehead atoms. The molecule has 0 amide bonds. The van der Waals surface area contributed by atoms with Crippen LogP contribution in [0.2, 0.25) is 5.04 Å². The lowest BCUT2D eigenvalue weighted by Crippen LogP contribution is -2.67. The van der Waals surface area contributed by atoms with Gasteiger partial charge in [-0.1, -0.05) is 93.6 Å². The highest BCUT2D eigenvalue weighted by molar-refractivity contribution is 6.99. The Labute approximate surface area is 199 Å². The van der Waals surface area contributed by atoms with Gasteiger partial charge >= 0.3 is 0 Å². The Morgan fingerprint density at radius 2 is 1.36 bits per heavy atom. The molecule has 0 aliphatic heterocycles. The summed E-state index contributed by atoms with van der Waals surface area (Å²) in [5.41, 5.74) is 1.06. The molecule has 3 aromatic rings. The van der Waals surface area contributed by atoms with Gasteiger partial charge in [0.1, 0.15) is 5.75 Å². The molecule has 0 aliphatic carbocycles. The molecule has 0 unspecified atom stereocenters. The largest absolute Gasteiger partial charge is 0.497 e. The van der Waals surface area contributed by atoms with Crippen molar-refractivity contribution in [1.29, 1.82) is 0 Å². The van der Waals surface area contributed by atoms with Gasteiger partial charge in [-0.3, -0.25) is 0 Å². The van der Waals surface area contributed by atoms with Crippen molar-refractivity contribution in [1.82, 2.24) is 0 Å². The second-order valence-corrected chi connectivity index (χ2v) is 13.6. The number of hydrogen-bond acceptors (Lipinski definition) is 4. The zero-order chi connectivity index (χ0) is 23.7. The van der Waals surface area contributed by atoms with Crippen LogP contribution in [-0.2, 0) is 15.8 Å². The fraction of sp³-hybridized carbons (Fsp3) is 0.357. The standard InChI is InChI=1S/C28H36O4Si/c1-28(2,3)33(26-11-7-5-8-12-26,27-13-9-6-10-14-27)32-22-25(19-20-29)31-21-23-15-17-24(30-4)18-16-23/h5-18,25,29H,19-22H2,1-4H3/t25-/m0/s1. The molecular formula is C28H36O4Si. The molecular weight excluding hydrogens is 428 g/mol. The van der Waals surface area contributed by atoms with E-state index in [-0.39, 0.29) is 17.7 Å². The SMILES string of the molecule is COc1ccc(CO[C@@H](CCO)CO[Si](c2ccccc2)(c2ccccc2)C(C)(C)C)cc1. The second-order valence-electron chi connectivity index (χ2n) is 9.27. The van der Waals surface area contributed by atoms with Gasteiger partial charge < -0.3 is 19.0 Å². The van der Waals surface area contributed by atoms with E-state index in [0.717, 1.165) is 11.3 Å². The molecule has 176 valence electrons. The summed E-state index contributed by atoms with van der Waals surface area (Å²) in [5, 5.41) is 12.1. The Hall–Kier alpha value is -2.44. The topological polar surface area (TPSA) is 47.9 Å². The van der Waals surface area contributed by atoms with E-state index in [4.69, 9.17) is 13.9 Å². The number of ether oxygens (including phenoxy) is 2. The average molecular weight is 465 g/mol. The molecule has 1 atom stereocenters. The van der Waals surface area contributed by atoms with Gasteiger partial charge in [0.25, 0.3) is 8.32 Å². The van der Waals surface area contributed by atoms with Crippen LogP contribution >= 0.6 is 0 Å². The maximum Gasteiger partial charge on any atom is 0.261 e. The molecule has 0 aromatic heterocycles. The summed E-state index contributed by atoms with van der Waals surface area (Å²) in [7, 11) is -0.982. The van der Waals surface area contributed by atoms with E-state index < -0.39 is 8.32 Å². The van der Waals surface area contributed by atoms with Crippen molar-refractivity contribution in [2.24, 2.45) is 0 Å². The Morgan fingerprint density at radius 1 is 0.818 bits per heavy atom. The molecule has 0 saturated heterocycles. The first-order chi connectivity index (χ1) is 15.9. The minimum absolute atomic E-state index is 0.0530. The third-order valence-electron chi connectivity index (χ3n) is 6.00. The quantitative estimate of drug-likeness (QED) is 0.423. The van der Waals surface area contributed by atoms with Gasteiger partial charge in [0, 0.05) is 6.61 Å². The number of benzene rings is 3. The highest BCUT2D eigenvalue weighted by atomic mass is 28.4. The van der Waals surface area contributed by atoms with Crippen molar-refractivity contribution < 1.29 is 19.0 Å². The Balaban J connectivity index is 1.86. The van der Waals surface area contributed by atoms with Crippen molar-refractivity contribution in [2.45, 2.75) is 44.9 Å². The van der Waals surface area contributed by atoms with E-state index in [1.807, 2.05) is 36.4 Å². The fourth-order valence-electron chi connectivity index (χ4n) is 4.27. The average Bonchev–Trinajstić information content (AvgIpc) is 2.83. The van der Waals surface area contributed by atoms with Crippen LogP contribution in [0.25, 0.3) is 0 Å². The molecule has 5 heteroatoms. The van der Waals surface area contributed by atoms with Gasteiger partial charge in [0.15, 0.2) is 0 Å². The smallest absolute Gasteiger partial charge is 0.261 e. The molecule has 0 saturated carbocycles. The minimum Gasteiger partial charge on any atom is -0.497 e. The lowest BCUT2D eigenvalue weighted by atomic mass is 10.2. The van der Waals surface area contributed by atoms with E-state index in [0.29, 0.717) is 19.6 Å². The maximum atomic E-state index is 9.68. The van der Waals surface area contributed by atoms with Gasteiger partial charge in [-0.25, -0.2) is 0 Å². The Bertz CT molecular complexity index is 913. The van der Waals surface area contributed by atoms with Gasteiger partial charge in [-0.15, -0.1) is 0 Å². The number of rotatable bonds is 11. The number of methoxy groups -OCH3 is 1. The van der Waals surface area contributed by atoms with Gasteiger partial charge in [-0.2, -0.15) is 0 Å². The molecule has 3 aromatic carbocycles. The van der Waals surface area contributed by atoms with Crippen molar-refractivity contribution in [3.63, 3.8) is 0 Å². The van der Waals surface area contributed by atoms with Crippen molar-refractivity contribution in [3.8, 4) is 5.75 Å². The molecule has 0 spiro atoms. The van der Waals surface area contributed by atoms with Gasteiger partial charge in [-0.05, 0) is 39.5 Å². The molecule has 4 nitrogen and oxygen atoms in total. The highest BCUT2D eigenvalue weighted by Gasteiger charge is 2.50. The lowest BCUT2D eigenvalue weighted by Gasteiger charge is -2.43. The van der Waals surface area contributed by atoms with E-state index in [9.17, 15) is 5.11 Å². The zero-order valence-corrected chi connectivity index (χ0v) is 21.2. The monoisotopic (exact) mass is 464 g/mol. The second kappa shape index (κ2) is 11.6. The van der Waals surface area contributed by atoms with Crippen molar-refractivity contribution in [2.75, 3.05) is 20.3 Å². The minimum atomic E-state index is -2.64. The van der Waals surface area contributed by atoms with E-state index >= 15 is 0 Å². The van der Waals surface area contributed by atoms with Crippen LogP contribution in [0.1, 0.15) is 32.8 Å². The summed E-state index contributed by atoms with van der Waals surface area (Å²) >= 11 is 0. The van der Waals surface area contributed by atoms with E-state index in [1.54, 1.807) is 7.11 Å². The third kappa shape index (κ3) is 6.12. The van der Waals surface area contributed by atoms with Crippen LogP contribution in [0.15, 0.2) is 84.9 Å². The van der Waals surface area contributed by atoms with Crippen LogP contribution in [0.4, 0.5) is 0 Å². The lowest BCUT2D eigenvalue weighted by molar-refractivity contribution is -0.00633. The van der Waals surface area contributed by atoms with E-state index in [2.05, 4.69) is 69.3 Å². The number of aliphatic hydroxyl groups is 1. The summed E-state index contributed by atoms with van der Waals surface area (Å²) in [6.45, 7) is 7.72. The predicted octanol–water partition coefficient (Wildman–Crippen LogP) is 4.54. The first kappa shape index (κ1) is 25.2. The molecule has 0 radical (unpaired) electrons. The summed E-state index contributed by atoms with van der Waals surface area (Å²) in [4.78, 5) is 0. The summed E-state index contributed by atoms with van der Waals surface area (Å²) in [6.07, 6.45) is 0.313. The number of hydrogen-bond donors (Lipinski definition) is 1. The molecule has 3 rings (SSSR count). The fourth-order valence-corrected chi connectivity index (χ4v) is 8.87. The number of aliphatic hydroxyl groups excluding tert-OH is 1. The van der Waals surface area contributed by atoms with Gasteiger partial charge in [0.05, 0.1) is 26.4 Å². The molecule has 1 N–H and O–H groups in total. The summed E-state index contributed by atoms with van der Waals surface area (Å²) in [5.74, 6) is 0.820. The van der Waals surface area contributed by atoms with E-state index in [1.165, 1.54) is 10.4 Å². The zero-order valence-electron chi connectivity index (χ0n) is 20.2. The molecule has 0 fully saturated rings. The first-order valence-electron chi connectivity index (χ1n) is 11.5. The van der Waals surface area contributed by atoms with Crippen molar-refractivity contribution in [3.05, 3.63) is 90.5 Å². The van der Waals surface area contributed by atoms with Crippen LogP contribution in [0, 0.1) is 0 Å². The first-order valence-corrected chi connectivity index (χ1v) is 13.4. The normalized spacial score (nSPS) is 13.0. The Kier molecular flexibility index (Phi) is 8.86. The highest BCUT2D eigenvalue weighted by Crippen LogP contribution is 2.37. The molecule has 0 heterocycles. The van der Waals surface area contributed by atoms with Crippen LogP contribution in [0.5, 0.6) is 5.75 Å². The van der Waals surface area contributed by atoms with Crippen LogP contribution < -0.4 is 15.1 Å². The van der Waals surface area contributed by atoms with Crippen LogP contribution in [0.3, 0.4) is 0 Å². The van der Waals surface area contributed by atoms with Crippen LogP contribution in [-0.4, -0.2) is 39.9 Å². The molecule has 33 heavy (non-hydrogen) atoms. The predicted molar refractivity (Wildman–Crippen MR) is 137 cm³/mol. The third-order valence-corrected chi connectivity index (χ3v) is 11.0. The molecule has 0 aliphatic rings. The maximum absolute atomic E-state index is 9.68. The summed E-state index contributed by atoms with van der Waals surface area (Å²) in [6, 6.07) is 29.0. The Morgan fingerprint density at radius 3 is 1.82 bits per heavy atom. The van der Waals surface area contributed by atoms with Crippen molar-refractivity contribution >= 4 is 18.7 Å².